The molecule has 1 amide bonds. The van der Waals surface area contributed by atoms with Gasteiger partial charge in [0.15, 0.2) is 0 Å². The lowest BCUT2D eigenvalue weighted by Crippen LogP contribution is -2.42. The zero-order chi connectivity index (χ0) is 25.0. The van der Waals surface area contributed by atoms with Gasteiger partial charge in [0.25, 0.3) is 5.91 Å². The maximum atomic E-state index is 13.6. The normalized spacial score (nSPS) is 15.1. The highest BCUT2D eigenvalue weighted by Gasteiger charge is 2.32. The van der Waals surface area contributed by atoms with Gasteiger partial charge in [-0.3, -0.25) is 9.79 Å². The first-order chi connectivity index (χ1) is 16.1. The van der Waals surface area contributed by atoms with Gasteiger partial charge in [-0.2, -0.15) is 0 Å². The molecule has 2 aromatic rings. The number of allylic oxidation sites excluding steroid dienone is 1. The molecule has 1 aliphatic rings. The second-order valence-electron chi connectivity index (χ2n) is 8.64. The third-order valence-electron chi connectivity index (χ3n) is 5.47. The number of rotatable bonds is 6. The molecule has 1 unspecified atom stereocenters. The van der Waals surface area contributed by atoms with E-state index in [2.05, 4.69) is 16.8 Å². The van der Waals surface area contributed by atoms with Crippen LogP contribution in [0.2, 0.25) is 0 Å². The summed E-state index contributed by atoms with van der Waals surface area (Å²) in [4.78, 5) is 19.0. The van der Waals surface area contributed by atoms with Gasteiger partial charge in [0.1, 0.15) is 17.2 Å². The molecule has 0 bridgehead atoms. The van der Waals surface area contributed by atoms with E-state index in [9.17, 15) is 18.7 Å². The van der Waals surface area contributed by atoms with Crippen LogP contribution in [-0.2, 0) is 13.0 Å². The van der Waals surface area contributed by atoms with Crippen molar-refractivity contribution in [2.24, 2.45) is 16.5 Å². The van der Waals surface area contributed by atoms with Gasteiger partial charge in [0.2, 0.25) is 0 Å². The number of carbonyl (C=O) groups excluding carboxylic acids is 1. The maximum absolute atomic E-state index is 13.6. The lowest BCUT2D eigenvalue weighted by atomic mass is 9.98. The van der Waals surface area contributed by atoms with E-state index in [-0.39, 0.29) is 18.9 Å². The predicted molar refractivity (Wildman–Crippen MR) is 128 cm³/mol. The summed E-state index contributed by atoms with van der Waals surface area (Å²) in [6, 6.07) is 8.19. The van der Waals surface area contributed by atoms with E-state index in [0.717, 1.165) is 11.6 Å². The van der Waals surface area contributed by atoms with Gasteiger partial charge in [-0.25, -0.2) is 8.78 Å². The van der Waals surface area contributed by atoms with Crippen molar-refractivity contribution in [3.05, 3.63) is 82.1 Å². The summed E-state index contributed by atoms with van der Waals surface area (Å²) in [6.45, 7) is 3.58. The summed E-state index contributed by atoms with van der Waals surface area (Å²) in [6.07, 6.45) is 1.56. The van der Waals surface area contributed by atoms with Gasteiger partial charge >= 0.3 is 0 Å². The second kappa shape index (κ2) is 10.2. The fraction of sp³-hybridized carbons (Fsp3) is 0.308. The van der Waals surface area contributed by atoms with E-state index in [1.807, 2.05) is 6.07 Å². The molecule has 1 heterocycles. The molecular weight excluding hydrogens is 438 g/mol. The van der Waals surface area contributed by atoms with Crippen molar-refractivity contribution in [1.82, 2.24) is 4.90 Å². The number of benzene rings is 2. The zero-order valence-corrected chi connectivity index (χ0v) is 19.4. The summed E-state index contributed by atoms with van der Waals surface area (Å²) >= 11 is 0. The van der Waals surface area contributed by atoms with E-state index in [4.69, 9.17) is 11.5 Å². The molecule has 5 N–H and O–H groups in total. The summed E-state index contributed by atoms with van der Waals surface area (Å²) in [5, 5.41) is 9.91. The first kappa shape index (κ1) is 25.1. The molecule has 0 fully saturated rings. The molecule has 1 atom stereocenters. The Kier molecular flexibility index (Phi) is 7.50. The third kappa shape index (κ3) is 5.68. The van der Waals surface area contributed by atoms with E-state index >= 15 is 0 Å². The fourth-order valence-corrected chi connectivity index (χ4v) is 3.91. The number of aliphatic hydroxyl groups is 1. The van der Waals surface area contributed by atoms with Crippen LogP contribution >= 0.6 is 0 Å². The van der Waals surface area contributed by atoms with E-state index < -0.39 is 23.3 Å². The van der Waals surface area contributed by atoms with Crippen molar-refractivity contribution in [1.29, 1.82) is 0 Å². The lowest BCUT2D eigenvalue weighted by Gasteiger charge is -2.26. The van der Waals surface area contributed by atoms with Crippen molar-refractivity contribution >= 4 is 11.6 Å². The Morgan fingerprint density at radius 3 is 2.50 bits per heavy atom. The Hall–Kier alpha value is -3.54. The molecule has 178 valence electrons. The molecule has 0 saturated carbocycles. The molecule has 0 saturated heterocycles. The average molecular weight is 467 g/mol. The molecule has 0 aliphatic carbocycles. The van der Waals surface area contributed by atoms with Crippen LogP contribution in [0.15, 0.2) is 53.2 Å². The third-order valence-corrected chi connectivity index (χ3v) is 5.47. The monoisotopic (exact) mass is 466 g/mol. The average Bonchev–Trinajstić information content (AvgIpc) is 3.09. The molecule has 1 aliphatic heterocycles. The molecule has 0 radical (unpaired) electrons. The number of fused-ring (bicyclic) bond motifs is 1. The van der Waals surface area contributed by atoms with E-state index in [1.165, 1.54) is 18.3 Å². The fourth-order valence-electron chi connectivity index (χ4n) is 3.91. The second-order valence-corrected chi connectivity index (χ2v) is 8.64. The Balaban J connectivity index is 1.87. The molecule has 0 spiro atoms. The van der Waals surface area contributed by atoms with Crippen LogP contribution in [0.5, 0.6) is 0 Å². The van der Waals surface area contributed by atoms with Crippen molar-refractivity contribution in [2.75, 3.05) is 13.6 Å². The molecule has 0 aromatic heterocycles. The van der Waals surface area contributed by atoms with Gasteiger partial charge in [-0.1, -0.05) is 17.9 Å². The molecule has 6 nitrogen and oxygen atoms in total. The van der Waals surface area contributed by atoms with Crippen LogP contribution in [0.4, 0.5) is 8.78 Å². The quantitative estimate of drug-likeness (QED) is 0.449. The Bertz CT molecular complexity index is 1200. The van der Waals surface area contributed by atoms with Gasteiger partial charge in [-0.05, 0) is 55.7 Å². The first-order valence-corrected chi connectivity index (χ1v) is 10.8. The number of aliphatic imine (C=N–C) groups is 1. The standard InChI is InChI=1S/C26H28F2N4O2/c1-26(2,34)7-6-18(13-29)24(31-3)17-4-5-23-19(11-17)15-32(25(23)33)22(14-30)10-16-8-20(27)12-21(28)9-16/h4-5,8-9,11-13,22,34H,10,14-15,29-30H2,1-3H3/b18-13-,31-24?. The minimum absolute atomic E-state index is 0.138. The van der Waals surface area contributed by atoms with Gasteiger partial charge in [0, 0.05) is 49.6 Å². The highest BCUT2D eigenvalue weighted by Crippen LogP contribution is 2.28. The number of hydrogen-bond acceptors (Lipinski definition) is 5. The Labute approximate surface area is 198 Å². The number of nitrogens with zero attached hydrogens (tertiary/aromatic N) is 2. The molecule has 2 aromatic carbocycles. The Morgan fingerprint density at radius 2 is 1.94 bits per heavy atom. The van der Waals surface area contributed by atoms with Crippen molar-refractivity contribution < 1.29 is 18.7 Å². The van der Waals surface area contributed by atoms with Gasteiger partial charge in [-0.15, -0.1) is 0 Å². The number of hydrogen-bond donors (Lipinski definition) is 3. The van der Waals surface area contributed by atoms with Crippen LogP contribution < -0.4 is 11.5 Å². The van der Waals surface area contributed by atoms with Crippen LogP contribution in [0.3, 0.4) is 0 Å². The maximum Gasteiger partial charge on any atom is 0.254 e. The minimum Gasteiger partial charge on any atom is -0.404 e. The molecule has 3 rings (SSSR count). The minimum atomic E-state index is -1.19. The first-order valence-electron chi connectivity index (χ1n) is 10.8. The lowest BCUT2D eigenvalue weighted by molar-refractivity contribution is 0.0708. The predicted octanol–water partition coefficient (Wildman–Crippen LogP) is 2.53. The summed E-state index contributed by atoms with van der Waals surface area (Å²) in [5.41, 5.74) is 13.9. The number of nitrogens with two attached hydrogens (primary N) is 2. The van der Waals surface area contributed by atoms with Crippen molar-refractivity contribution in [2.45, 2.75) is 38.5 Å². The van der Waals surface area contributed by atoms with Gasteiger partial charge in [0.05, 0.1) is 11.3 Å². The van der Waals surface area contributed by atoms with Crippen LogP contribution in [0.1, 0.15) is 40.9 Å². The largest absolute Gasteiger partial charge is 0.404 e. The van der Waals surface area contributed by atoms with E-state index in [1.54, 1.807) is 37.9 Å². The number of halogens is 2. The highest BCUT2D eigenvalue weighted by molar-refractivity contribution is 6.16. The van der Waals surface area contributed by atoms with Crippen molar-refractivity contribution in [3.63, 3.8) is 0 Å². The van der Waals surface area contributed by atoms with E-state index in [0.29, 0.717) is 34.5 Å². The van der Waals surface area contributed by atoms with Crippen LogP contribution in [0.25, 0.3) is 0 Å². The SMILES string of the molecule is CN=C(/C(C#CC(C)(C)O)=C\N)c1ccc2c(c1)CN(C(CN)Cc1cc(F)cc(F)c1)C2=O. The van der Waals surface area contributed by atoms with Crippen LogP contribution in [-0.4, -0.2) is 46.9 Å². The summed E-state index contributed by atoms with van der Waals surface area (Å²) in [7, 11) is 1.61. The topological polar surface area (TPSA) is 105 Å². The number of carbonyl (C=O) groups is 1. The summed E-state index contributed by atoms with van der Waals surface area (Å²) < 4.78 is 27.2. The molecular formula is C26H28F2N4O2. The van der Waals surface area contributed by atoms with Crippen LogP contribution in [0, 0.1) is 23.5 Å². The van der Waals surface area contributed by atoms with Gasteiger partial charge < -0.3 is 21.5 Å². The summed E-state index contributed by atoms with van der Waals surface area (Å²) in [5.74, 6) is 4.04. The molecule has 8 heteroatoms. The zero-order valence-electron chi connectivity index (χ0n) is 19.4. The van der Waals surface area contributed by atoms with Crippen molar-refractivity contribution in [3.8, 4) is 11.8 Å². The smallest absolute Gasteiger partial charge is 0.254 e. The highest BCUT2D eigenvalue weighted by atomic mass is 19.1. The number of amides is 1. The molecule has 34 heavy (non-hydrogen) atoms. The Morgan fingerprint density at radius 1 is 1.26 bits per heavy atom.